The van der Waals surface area contributed by atoms with Crippen LogP contribution in [0.15, 0.2) is 23.3 Å². The molecule has 9 nitrogen and oxygen atoms in total. The Labute approximate surface area is 142 Å². The van der Waals surface area contributed by atoms with E-state index >= 15 is 0 Å². The number of hydrazone groups is 1. The van der Waals surface area contributed by atoms with Gasteiger partial charge in [0, 0.05) is 12.8 Å². The first-order valence-corrected chi connectivity index (χ1v) is 8.71. The van der Waals surface area contributed by atoms with Crippen LogP contribution in [-0.4, -0.2) is 50.0 Å². The molecule has 24 heavy (non-hydrogen) atoms. The highest BCUT2D eigenvalue weighted by Crippen LogP contribution is 2.27. The van der Waals surface area contributed by atoms with Gasteiger partial charge in [-0.3, -0.25) is 14.4 Å². The van der Waals surface area contributed by atoms with Crippen molar-refractivity contribution in [1.29, 1.82) is 0 Å². The molecule has 126 valence electrons. The average Bonchev–Trinajstić information content (AvgIpc) is 2.92. The van der Waals surface area contributed by atoms with Crippen LogP contribution in [0.25, 0.3) is 10.2 Å². The zero-order valence-corrected chi connectivity index (χ0v) is 14.0. The second kappa shape index (κ2) is 6.63. The summed E-state index contributed by atoms with van der Waals surface area (Å²) >= 11 is -0.945. The second-order valence-electron chi connectivity index (χ2n) is 4.91. The molecule has 0 saturated carbocycles. The highest BCUT2D eigenvalue weighted by atomic mass is 32.2. The molecule has 1 aromatic heterocycles. The van der Waals surface area contributed by atoms with Crippen LogP contribution in [0.4, 0.5) is 5.13 Å². The van der Waals surface area contributed by atoms with Crippen molar-refractivity contribution in [2.75, 3.05) is 19.2 Å². The molecule has 1 unspecified atom stereocenters. The molecule has 1 fully saturated rings. The summed E-state index contributed by atoms with van der Waals surface area (Å²) in [5.74, 6) is -1.42. The van der Waals surface area contributed by atoms with Gasteiger partial charge in [0.25, 0.3) is 5.91 Å². The van der Waals surface area contributed by atoms with Crippen LogP contribution >= 0.6 is 11.3 Å². The lowest BCUT2D eigenvalue weighted by atomic mass is 10.2. The third kappa shape index (κ3) is 3.42. The SMILES string of the molecule is CN1COC(=O)C(=NNc2nc3ccc(CS(=O)[O-])cc3s2)C1=O. The Bertz CT molecular complexity index is 878. The number of fused-ring (bicyclic) bond motifs is 1. The number of esters is 1. The first-order chi connectivity index (χ1) is 11.4. The van der Waals surface area contributed by atoms with Gasteiger partial charge in [0.2, 0.25) is 10.8 Å². The standard InChI is InChI=1S/C13H12N4O5S2/c1-17-6-22-12(19)10(11(17)18)15-16-13-14-8-3-2-7(5-24(20)21)4-9(8)23-13/h2-4H,5-6H2,1H3,(H,14,16)(H,20,21)/p-1. The fourth-order valence-corrected chi connectivity index (χ4v) is 3.31. The van der Waals surface area contributed by atoms with E-state index in [1.807, 2.05) is 0 Å². The first kappa shape index (κ1) is 16.5. The van der Waals surface area contributed by atoms with Crippen LogP contribution in [-0.2, 0) is 31.2 Å². The molecule has 0 spiro atoms. The number of anilines is 1. The van der Waals surface area contributed by atoms with Crippen LogP contribution < -0.4 is 5.43 Å². The van der Waals surface area contributed by atoms with Crippen molar-refractivity contribution in [3.63, 3.8) is 0 Å². The van der Waals surface area contributed by atoms with Gasteiger partial charge in [-0.2, -0.15) is 5.10 Å². The quantitative estimate of drug-likeness (QED) is 0.472. The van der Waals surface area contributed by atoms with Gasteiger partial charge in [-0.1, -0.05) is 28.5 Å². The van der Waals surface area contributed by atoms with Gasteiger partial charge in [-0.25, -0.2) is 9.78 Å². The van der Waals surface area contributed by atoms with E-state index in [9.17, 15) is 18.4 Å². The third-order valence-electron chi connectivity index (χ3n) is 3.13. The van der Waals surface area contributed by atoms with E-state index in [2.05, 4.69) is 15.5 Å². The van der Waals surface area contributed by atoms with Gasteiger partial charge < -0.3 is 14.2 Å². The van der Waals surface area contributed by atoms with Crippen molar-refractivity contribution >= 4 is 55.4 Å². The Morgan fingerprint density at radius 3 is 3.04 bits per heavy atom. The maximum absolute atomic E-state index is 11.9. The van der Waals surface area contributed by atoms with Crippen molar-refractivity contribution in [3.05, 3.63) is 23.8 Å². The van der Waals surface area contributed by atoms with Crippen LogP contribution in [0.5, 0.6) is 0 Å². The van der Waals surface area contributed by atoms with Crippen LogP contribution in [0, 0.1) is 0 Å². The van der Waals surface area contributed by atoms with Gasteiger partial charge in [0.05, 0.1) is 10.2 Å². The molecule has 0 aliphatic carbocycles. The van der Waals surface area contributed by atoms with Crippen molar-refractivity contribution in [3.8, 4) is 0 Å². The molecule has 2 heterocycles. The summed E-state index contributed by atoms with van der Waals surface area (Å²) < 4.78 is 27.1. The van der Waals surface area contributed by atoms with Crippen molar-refractivity contribution in [2.24, 2.45) is 5.10 Å². The molecular formula is C13H11N4O5S2-. The number of hydrogen-bond donors (Lipinski definition) is 1. The largest absolute Gasteiger partial charge is 0.772 e. The molecule has 1 saturated heterocycles. The minimum atomic E-state index is -2.17. The molecule has 3 rings (SSSR count). The Kier molecular flexibility index (Phi) is 4.55. The average molecular weight is 367 g/mol. The number of carbonyl (C=O) groups excluding carboxylic acids is 2. The second-order valence-corrected chi connectivity index (χ2v) is 6.83. The van der Waals surface area contributed by atoms with Gasteiger partial charge in [0.15, 0.2) is 6.73 Å². The molecule has 0 bridgehead atoms. The summed E-state index contributed by atoms with van der Waals surface area (Å²) in [5, 5.41) is 4.15. The summed E-state index contributed by atoms with van der Waals surface area (Å²) in [7, 11) is 1.49. The molecule has 1 amide bonds. The number of nitrogens with zero attached hydrogens (tertiary/aromatic N) is 3. The van der Waals surface area contributed by atoms with Crippen molar-refractivity contribution < 1.29 is 23.1 Å². The third-order valence-corrected chi connectivity index (χ3v) is 4.62. The lowest BCUT2D eigenvalue weighted by Gasteiger charge is -2.22. The summed E-state index contributed by atoms with van der Waals surface area (Å²) in [6, 6.07) is 5.08. The summed E-state index contributed by atoms with van der Waals surface area (Å²) in [4.78, 5) is 28.9. The van der Waals surface area contributed by atoms with E-state index in [1.165, 1.54) is 23.3 Å². The Morgan fingerprint density at radius 1 is 1.50 bits per heavy atom. The Balaban J connectivity index is 1.82. The Hall–Kier alpha value is -2.37. The molecule has 1 atom stereocenters. The van der Waals surface area contributed by atoms with Crippen molar-refractivity contribution in [2.45, 2.75) is 5.75 Å². The van der Waals surface area contributed by atoms with Crippen LogP contribution in [0.2, 0.25) is 0 Å². The van der Waals surface area contributed by atoms with Crippen LogP contribution in [0.1, 0.15) is 5.56 Å². The number of carbonyl (C=O) groups is 2. The molecule has 1 aromatic carbocycles. The number of hydrogen-bond acceptors (Lipinski definition) is 9. The van der Waals surface area contributed by atoms with Gasteiger partial charge in [-0.05, 0) is 17.7 Å². The minimum Gasteiger partial charge on any atom is -0.772 e. The molecule has 1 N–H and O–H groups in total. The highest BCUT2D eigenvalue weighted by Gasteiger charge is 2.31. The monoisotopic (exact) mass is 367 g/mol. The maximum atomic E-state index is 11.9. The predicted octanol–water partition coefficient (Wildman–Crippen LogP) is 0.416. The normalized spacial score (nSPS) is 18.1. The summed E-state index contributed by atoms with van der Waals surface area (Å²) in [6.07, 6.45) is 0. The number of thiazole rings is 1. The van der Waals surface area contributed by atoms with Gasteiger partial charge >= 0.3 is 5.97 Å². The number of cyclic esters (lactones) is 1. The zero-order valence-electron chi connectivity index (χ0n) is 12.3. The molecule has 1 aliphatic heterocycles. The number of aromatic nitrogens is 1. The van der Waals surface area contributed by atoms with E-state index in [-0.39, 0.29) is 18.2 Å². The number of amides is 1. The first-order valence-electron chi connectivity index (χ1n) is 6.65. The number of nitrogens with one attached hydrogen (secondary N) is 1. The van der Waals surface area contributed by atoms with Crippen LogP contribution in [0.3, 0.4) is 0 Å². The number of ether oxygens (including phenoxy) is 1. The summed E-state index contributed by atoms with van der Waals surface area (Å²) in [6.45, 7) is -0.109. The zero-order chi connectivity index (χ0) is 17.3. The fraction of sp³-hybridized carbons (Fsp3) is 0.231. The fourth-order valence-electron chi connectivity index (χ4n) is 1.99. The maximum Gasteiger partial charge on any atom is 0.366 e. The van der Waals surface area contributed by atoms with Crippen molar-refractivity contribution in [1.82, 2.24) is 9.88 Å². The van der Waals surface area contributed by atoms with Gasteiger partial charge in [0.1, 0.15) is 0 Å². The topological polar surface area (TPSA) is 124 Å². The van der Waals surface area contributed by atoms with Gasteiger partial charge in [-0.15, -0.1) is 0 Å². The van der Waals surface area contributed by atoms with E-state index in [1.54, 1.807) is 18.2 Å². The molecular weight excluding hydrogens is 356 g/mol. The van der Waals surface area contributed by atoms with E-state index in [4.69, 9.17) is 4.74 Å². The van der Waals surface area contributed by atoms with E-state index < -0.39 is 23.0 Å². The minimum absolute atomic E-state index is 0.0778. The smallest absolute Gasteiger partial charge is 0.366 e. The molecule has 2 aromatic rings. The number of rotatable bonds is 4. The Morgan fingerprint density at radius 2 is 2.29 bits per heavy atom. The lowest BCUT2D eigenvalue weighted by Crippen LogP contribution is -2.46. The summed E-state index contributed by atoms with van der Waals surface area (Å²) in [5.41, 5.74) is 3.51. The molecule has 1 aliphatic rings. The highest BCUT2D eigenvalue weighted by molar-refractivity contribution is 7.78. The molecule has 0 radical (unpaired) electrons. The number of benzene rings is 1. The lowest BCUT2D eigenvalue weighted by molar-refractivity contribution is -0.149. The molecule has 11 heteroatoms. The predicted molar refractivity (Wildman–Crippen MR) is 87.0 cm³/mol. The van der Waals surface area contributed by atoms with E-state index in [0.717, 1.165) is 4.70 Å². The van der Waals surface area contributed by atoms with E-state index in [0.29, 0.717) is 16.2 Å².